The van der Waals surface area contributed by atoms with Crippen LogP contribution in [-0.4, -0.2) is 33.6 Å². The van der Waals surface area contributed by atoms with E-state index in [2.05, 4.69) is 13.8 Å². The molecule has 1 atom stereocenters. The first-order valence-electron chi connectivity index (χ1n) is 6.58. The van der Waals surface area contributed by atoms with Gasteiger partial charge in [-0.2, -0.15) is 0 Å². The molecule has 0 bridgehead atoms. The molecule has 0 aromatic rings. The minimum atomic E-state index is -0.775. The number of aliphatic carboxylic acids is 1. The first kappa shape index (κ1) is 14.4. The van der Waals surface area contributed by atoms with Crippen LogP contribution in [0.5, 0.6) is 0 Å². The lowest BCUT2D eigenvalue weighted by molar-refractivity contribution is -0.137. The quantitative estimate of drug-likeness (QED) is 0.742. The summed E-state index contributed by atoms with van der Waals surface area (Å²) in [6.45, 7) is 4.31. The SMILES string of the molecule is CCCC(C)C(=S)N(CC(=O)O)C1CCCC1. The maximum absolute atomic E-state index is 11.0. The van der Waals surface area contributed by atoms with Crippen LogP contribution in [0.3, 0.4) is 0 Å². The number of nitrogens with zero attached hydrogens (tertiary/aromatic N) is 1. The van der Waals surface area contributed by atoms with Crippen LogP contribution >= 0.6 is 12.2 Å². The maximum atomic E-state index is 11.0. The fourth-order valence-electron chi connectivity index (χ4n) is 2.59. The number of rotatable bonds is 6. The van der Waals surface area contributed by atoms with Gasteiger partial charge in [0, 0.05) is 12.0 Å². The molecule has 0 aromatic carbocycles. The topological polar surface area (TPSA) is 40.5 Å². The van der Waals surface area contributed by atoms with E-state index in [1.807, 2.05) is 4.90 Å². The lowest BCUT2D eigenvalue weighted by atomic mass is 10.0. The van der Waals surface area contributed by atoms with Crippen molar-refractivity contribution in [2.24, 2.45) is 5.92 Å². The minimum Gasteiger partial charge on any atom is -0.480 e. The smallest absolute Gasteiger partial charge is 0.323 e. The predicted molar refractivity (Wildman–Crippen MR) is 73.3 cm³/mol. The molecule has 0 amide bonds. The molecular formula is C13H23NO2S. The molecule has 1 unspecified atom stereocenters. The third kappa shape index (κ3) is 4.26. The highest BCUT2D eigenvalue weighted by Gasteiger charge is 2.28. The van der Waals surface area contributed by atoms with E-state index >= 15 is 0 Å². The number of thiocarbonyl (C=S) groups is 1. The summed E-state index contributed by atoms with van der Waals surface area (Å²) in [7, 11) is 0. The predicted octanol–water partition coefficient (Wildman–Crippen LogP) is 3.08. The summed E-state index contributed by atoms with van der Waals surface area (Å²) in [5, 5.41) is 9.00. The van der Waals surface area contributed by atoms with E-state index in [0.717, 1.165) is 30.7 Å². The van der Waals surface area contributed by atoms with Gasteiger partial charge >= 0.3 is 5.97 Å². The van der Waals surface area contributed by atoms with Crippen LogP contribution < -0.4 is 0 Å². The van der Waals surface area contributed by atoms with E-state index in [0.29, 0.717) is 12.0 Å². The van der Waals surface area contributed by atoms with E-state index in [1.54, 1.807) is 0 Å². The van der Waals surface area contributed by atoms with Gasteiger partial charge in [-0.15, -0.1) is 0 Å². The van der Waals surface area contributed by atoms with Gasteiger partial charge in [0.2, 0.25) is 0 Å². The third-order valence-corrected chi connectivity index (χ3v) is 4.13. The summed E-state index contributed by atoms with van der Waals surface area (Å²) in [6, 6.07) is 0.359. The Bertz CT molecular complexity index is 275. The van der Waals surface area contributed by atoms with Crippen molar-refractivity contribution in [3.05, 3.63) is 0 Å². The Hall–Kier alpha value is -0.640. The Labute approximate surface area is 109 Å². The van der Waals surface area contributed by atoms with Crippen LogP contribution in [0.4, 0.5) is 0 Å². The lowest BCUT2D eigenvalue weighted by Gasteiger charge is -2.32. The van der Waals surface area contributed by atoms with Gasteiger partial charge in [0.05, 0.1) is 4.99 Å². The number of carboxylic acid groups (broad SMARTS) is 1. The van der Waals surface area contributed by atoms with Crippen LogP contribution in [0.25, 0.3) is 0 Å². The van der Waals surface area contributed by atoms with Crippen molar-refractivity contribution in [1.82, 2.24) is 4.90 Å². The molecular weight excluding hydrogens is 234 g/mol. The summed E-state index contributed by atoms with van der Waals surface area (Å²) < 4.78 is 0. The highest BCUT2D eigenvalue weighted by Crippen LogP contribution is 2.26. The van der Waals surface area contributed by atoms with E-state index in [1.165, 1.54) is 12.8 Å². The highest BCUT2D eigenvalue weighted by atomic mass is 32.1. The molecule has 1 saturated carbocycles. The molecule has 1 rings (SSSR count). The van der Waals surface area contributed by atoms with E-state index < -0.39 is 5.97 Å². The van der Waals surface area contributed by atoms with E-state index in [9.17, 15) is 4.79 Å². The Balaban J connectivity index is 2.67. The second kappa shape index (κ2) is 6.94. The standard InChI is InChI=1S/C13H23NO2S/c1-3-6-10(2)13(17)14(9-12(15)16)11-7-4-5-8-11/h10-11H,3-9H2,1-2H3,(H,15,16). The van der Waals surface area contributed by atoms with Crippen molar-refractivity contribution in [2.75, 3.05) is 6.54 Å². The van der Waals surface area contributed by atoms with Crippen LogP contribution in [-0.2, 0) is 4.79 Å². The highest BCUT2D eigenvalue weighted by molar-refractivity contribution is 7.80. The first-order chi connectivity index (χ1) is 8.06. The Kier molecular flexibility index (Phi) is 5.89. The average molecular weight is 257 g/mol. The van der Waals surface area contributed by atoms with E-state index in [4.69, 9.17) is 17.3 Å². The molecule has 0 aromatic heterocycles. The second-order valence-electron chi connectivity index (χ2n) is 4.99. The van der Waals surface area contributed by atoms with Gasteiger partial charge < -0.3 is 10.0 Å². The normalized spacial score (nSPS) is 18.0. The molecule has 17 heavy (non-hydrogen) atoms. The molecule has 0 aliphatic heterocycles. The summed E-state index contributed by atoms with van der Waals surface area (Å²) in [6.07, 6.45) is 6.71. The molecule has 1 N–H and O–H groups in total. The Morgan fingerprint density at radius 3 is 2.53 bits per heavy atom. The molecule has 0 heterocycles. The molecule has 1 fully saturated rings. The zero-order valence-electron chi connectivity index (χ0n) is 10.8. The number of carbonyl (C=O) groups is 1. The molecule has 0 radical (unpaired) electrons. The maximum Gasteiger partial charge on any atom is 0.323 e. The third-order valence-electron chi connectivity index (χ3n) is 3.50. The van der Waals surface area contributed by atoms with Gasteiger partial charge in [-0.25, -0.2) is 0 Å². The van der Waals surface area contributed by atoms with Gasteiger partial charge in [-0.05, 0) is 19.3 Å². The monoisotopic (exact) mass is 257 g/mol. The fourth-order valence-corrected chi connectivity index (χ4v) is 2.92. The van der Waals surface area contributed by atoms with Crippen LogP contribution in [0.1, 0.15) is 52.4 Å². The van der Waals surface area contributed by atoms with Crippen molar-refractivity contribution in [3.8, 4) is 0 Å². The Morgan fingerprint density at radius 2 is 2.06 bits per heavy atom. The van der Waals surface area contributed by atoms with Crippen LogP contribution in [0.15, 0.2) is 0 Å². The number of carboxylic acids is 1. The molecule has 98 valence electrons. The van der Waals surface area contributed by atoms with Crippen molar-refractivity contribution >= 4 is 23.2 Å². The molecule has 0 saturated heterocycles. The molecule has 4 heteroatoms. The first-order valence-corrected chi connectivity index (χ1v) is 6.99. The van der Waals surface area contributed by atoms with Crippen molar-refractivity contribution in [2.45, 2.75) is 58.4 Å². The van der Waals surface area contributed by atoms with Gasteiger partial charge in [-0.3, -0.25) is 4.79 Å². The number of hydrogen-bond donors (Lipinski definition) is 1. The van der Waals surface area contributed by atoms with Gasteiger partial charge in [-0.1, -0.05) is 45.3 Å². The zero-order valence-corrected chi connectivity index (χ0v) is 11.6. The van der Waals surface area contributed by atoms with Gasteiger partial charge in [0.1, 0.15) is 6.54 Å². The summed E-state index contributed by atoms with van der Waals surface area (Å²) >= 11 is 5.48. The molecule has 1 aliphatic rings. The summed E-state index contributed by atoms with van der Waals surface area (Å²) in [4.78, 5) is 13.8. The van der Waals surface area contributed by atoms with Gasteiger partial charge in [0.25, 0.3) is 0 Å². The van der Waals surface area contributed by atoms with E-state index in [-0.39, 0.29) is 6.54 Å². The lowest BCUT2D eigenvalue weighted by Crippen LogP contribution is -2.43. The van der Waals surface area contributed by atoms with Crippen molar-refractivity contribution in [1.29, 1.82) is 0 Å². The number of hydrogen-bond acceptors (Lipinski definition) is 2. The summed E-state index contributed by atoms with van der Waals surface area (Å²) in [5.74, 6) is -0.460. The summed E-state index contributed by atoms with van der Waals surface area (Å²) in [5.41, 5.74) is 0. The Morgan fingerprint density at radius 1 is 1.47 bits per heavy atom. The molecule has 1 aliphatic carbocycles. The second-order valence-corrected chi connectivity index (χ2v) is 5.41. The molecule has 3 nitrogen and oxygen atoms in total. The zero-order chi connectivity index (χ0) is 12.8. The van der Waals surface area contributed by atoms with Crippen LogP contribution in [0.2, 0.25) is 0 Å². The minimum absolute atomic E-state index is 0.0670. The molecule has 0 spiro atoms. The van der Waals surface area contributed by atoms with Gasteiger partial charge in [0.15, 0.2) is 0 Å². The van der Waals surface area contributed by atoms with Crippen molar-refractivity contribution in [3.63, 3.8) is 0 Å². The fraction of sp³-hybridized carbons (Fsp3) is 0.846. The van der Waals surface area contributed by atoms with Crippen molar-refractivity contribution < 1.29 is 9.90 Å². The van der Waals surface area contributed by atoms with Crippen LogP contribution in [0, 0.1) is 5.92 Å². The average Bonchev–Trinajstić information content (AvgIpc) is 2.78. The largest absolute Gasteiger partial charge is 0.480 e.